The van der Waals surface area contributed by atoms with Crippen molar-refractivity contribution in [2.45, 2.75) is 20.1 Å². The molecule has 0 bridgehead atoms. The number of aromatic nitrogens is 3. The predicted molar refractivity (Wildman–Crippen MR) is 111 cm³/mol. The topological polar surface area (TPSA) is 112 Å². The first-order chi connectivity index (χ1) is 15.0. The van der Waals surface area contributed by atoms with Crippen LogP contribution in [-0.2, 0) is 17.9 Å². The van der Waals surface area contributed by atoms with Gasteiger partial charge >= 0.3 is 0 Å². The number of nitrogens with zero attached hydrogens (tertiary/aromatic N) is 3. The van der Waals surface area contributed by atoms with Crippen LogP contribution in [0, 0.1) is 0 Å². The lowest BCUT2D eigenvalue weighted by molar-refractivity contribution is 0.0983. The van der Waals surface area contributed by atoms with E-state index < -0.39 is 5.91 Å². The number of rotatable bonds is 8. The second-order valence-corrected chi connectivity index (χ2v) is 6.84. The molecule has 0 radical (unpaired) electrons. The molecule has 0 saturated carbocycles. The van der Waals surface area contributed by atoms with Gasteiger partial charge in [0.25, 0.3) is 5.91 Å². The van der Waals surface area contributed by atoms with Crippen molar-refractivity contribution in [3.05, 3.63) is 77.8 Å². The van der Waals surface area contributed by atoms with Gasteiger partial charge in [-0.25, -0.2) is 4.98 Å². The number of furan rings is 1. The SMILES string of the molecule is COCc1cccc(-c2ocnc2C(=O)Nc2ccn(Cc3ccc(C(C)=O)o3)n2)c1. The number of ether oxygens (including phenoxy) is 1. The Labute approximate surface area is 177 Å². The lowest BCUT2D eigenvalue weighted by atomic mass is 10.1. The maximum absolute atomic E-state index is 12.8. The molecule has 1 amide bonds. The Kier molecular flexibility index (Phi) is 5.76. The maximum atomic E-state index is 12.8. The Hall–Kier alpha value is -3.98. The number of hydrogen-bond acceptors (Lipinski definition) is 7. The van der Waals surface area contributed by atoms with E-state index in [0.29, 0.717) is 36.3 Å². The van der Waals surface area contributed by atoms with Gasteiger partial charge in [-0.15, -0.1) is 0 Å². The number of hydrogen-bond donors (Lipinski definition) is 1. The first-order valence-corrected chi connectivity index (χ1v) is 9.49. The minimum absolute atomic E-state index is 0.143. The smallest absolute Gasteiger partial charge is 0.279 e. The number of oxazole rings is 1. The normalized spacial score (nSPS) is 10.9. The average Bonchev–Trinajstić information content (AvgIpc) is 3.49. The van der Waals surface area contributed by atoms with E-state index in [1.807, 2.05) is 24.3 Å². The fraction of sp³-hybridized carbons (Fsp3) is 0.182. The van der Waals surface area contributed by atoms with Crippen molar-refractivity contribution in [3.8, 4) is 11.3 Å². The first-order valence-electron chi connectivity index (χ1n) is 9.49. The molecule has 1 N–H and O–H groups in total. The highest BCUT2D eigenvalue weighted by atomic mass is 16.5. The molecule has 0 saturated heterocycles. The molecule has 4 aromatic rings. The van der Waals surface area contributed by atoms with Crippen molar-refractivity contribution in [3.63, 3.8) is 0 Å². The van der Waals surface area contributed by atoms with Crippen LogP contribution in [-0.4, -0.2) is 33.6 Å². The monoisotopic (exact) mass is 420 g/mol. The third-order valence-electron chi connectivity index (χ3n) is 4.49. The van der Waals surface area contributed by atoms with Crippen LogP contribution >= 0.6 is 0 Å². The third-order valence-corrected chi connectivity index (χ3v) is 4.49. The molecule has 0 aliphatic carbocycles. The number of amides is 1. The van der Waals surface area contributed by atoms with Gasteiger partial charge in [-0.1, -0.05) is 18.2 Å². The van der Waals surface area contributed by atoms with Crippen LogP contribution in [0.25, 0.3) is 11.3 Å². The summed E-state index contributed by atoms with van der Waals surface area (Å²) in [5.41, 5.74) is 1.83. The molecule has 3 heterocycles. The molecule has 158 valence electrons. The van der Waals surface area contributed by atoms with Crippen molar-refractivity contribution < 1.29 is 23.2 Å². The summed E-state index contributed by atoms with van der Waals surface area (Å²) in [6.07, 6.45) is 2.93. The van der Waals surface area contributed by atoms with Gasteiger partial charge in [0, 0.05) is 31.9 Å². The number of anilines is 1. The number of methoxy groups -OCH3 is 1. The van der Waals surface area contributed by atoms with E-state index >= 15 is 0 Å². The fourth-order valence-electron chi connectivity index (χ4n) is 3.09. The number of carbonyl (C=O) groups excluding carboxylic acids is 2. The molecule has 0 aliphatic heterocycles. The van der Waals surface area contributed by atoms with Crippen LogP contribution in [0.5, 0.6) is 0 Å². The molecule has 0 aliphatic rings. The first kappa shape index (κ1) is 20.3. The zero-order chi connectivity index (χ0) is 21.8. The molecule has 0 fully saturated rings. The Morgan fingerprint density at radius 3 is 2.84 bits per heavy atom. The molecular weight excluding hydrogens is 400 g/mol. The molecule has 9 nitrogen and oxygen atoms in total. The van der Waals surface area contributed by atoms with E-state index in [0.717, 1.165) is 11.1 Å². The minimum atomic E-state index is -0.442. The van der Waals surface area contributed by atoms with Gasteiger partial charge in [-0.3, -0.25) is 14.3 Å². The second kappa shape index (κ2) is 8.80. The molecule has 4 rings (SSSR count). The van der Waals surface area contributed by atoms with Crippen LogP contribution < -0.4 is 5.32 Å². The molecule has 9 heteroatoms. The zero-order valence-corrected chi connectivity index (χ0v) is 17.0. The van der Waals surface area contributed by atoms with Crippen molar-refractivity contribution in [1.29, 1.82) is 0 Å². The second-order valence-electron chi connectivity index (χ2n) is 6.84. The average molecular weight is 420 g/mol. The molecule has 0 atom stereocenters. The van der Waals surface area contributed by atoms with Gasteiger partial charge in [0.05, 0.1) is 13.2 Å². The largest absolute Gasteiger partial charge is 0.456 e. The van der Waals surface area contributed by atoms with Gasteiger partial charge < -0.3 is 18.9 Å². The van der Waals surface area contributed by atoms with Crippen LogP contribution in [0.15, 0.2) is 63.9 Å². The van der Waals surface area contributed by atoms with Gasteiger partial charge in [0.1, 0.15) is 5.76 Å². The Balaban J connectivity index is 1.47. The van der Waals surface area contributed by atoms with E-state index in [2.05, 4.69) is 15.4 Å². The maximum Gasteiger partial charge on any atom is 0.279 e. The van der Waals surface area contributed by atoms with E-state index in [-0.39, 0.29) is 11.5 Å². The number of nitrogens with one attached hydrogen (secondary N) is 1. The summed E-state index contributed by atoms with van der Waals surface area (Å²) < 4.78 is 17.7. The number of carbonyl (C=O) groups is 2. The summed E-state index contributed by atoms with van der Waals surface area (Å²) in [5, 5.41) is 7.04. The van der Waals surface area contributed by atoms with Crippen LogP contribution in [0.2, 0.25) is 0 Å². The number of Topliss-reactive ketones (excluding diaryl/α,β-unsaturated/α-hetero) is 1. The summed E-state index contributed by atoms with van der Waals surface area (Å²) in [5.74, 6) is 1.01. The van der Waals surface area contributed by atoms with E-state index in [1.165, 1.54) is 13.3 Å². The highest BCUT2D eigenvalue weighted by Crippen LogP contribution is 2.25. The summed E-state index contributed by atoms with van der Waals surface area (Å²) in [4.78, 5) is 28.2. The number of ketones is 1. The summed E-state index contributed by atoms with van der Waals surface area (Å²) in [6.45, 7) is 2.21. The van der Waals surface area contributed by atoms with E-state index in [4.69, 9.17) is 13.6 Å². The molecular formula is C22H20N4O5. The van der Waals surface area contributed by atoms with Crippen molar-refractivity contribution in [1.82, 2.24) is 14.8 Å². The van der Waals surface area contributed by atoms with Gasteiger partial charge in [0.15, 0.2) is 35.2 Å². The summed E-state index contributed by atoms with van der Waals surface area (Å²) in [6, 6.07) is 12.5. The van der Waals surface area contributed by atoms with Crippen LogP contribution in [0.4, 0.5) is 5.82 Å². The minimum Gasteiger partial charge on any atom is -0.456 e. The third kappa shape index (κ3) is 4.62. The fourth-order valence-corrected chi connectivity index (χ4v) is 3.09. The quantitative estimate of drug-likeness (QED) is 0.432. The highest BCUT2D eigenvalue weighted by Gasteiger charge is 2.19. The van der Waals surface area contributed by atoms with Crippen molar-refractivity contribution >= 4 is 17.5 Å². The zero-order valence-electron chi connectivity index (χ0n) is 17.0. The molecule has 0 unspecified atom stereocenters. The predicted octanol–water partition coefficient (Wildman–Crippen LogP) is 3.78. The standard InChI is InChI=1S/C22H20N4O5/c1-14(27)18-7-6-17(31-18)11-26-9-8-19(25-26)24-22(28)20-21(30-13-23-20)16-5-3-4-15(10-16)12-29-2/h3-10,13H,11-12H2,1-2H3,(H,24,25,28). The van der Waals surface area contributed by atoms with Gasteiger partial charge in [-0.05, 0) is 23.8 Å². The van der Waals surface area contributed by atoms with Gasteiger partial charge in [0.2, 0.25) is 0 Å². The van der Waals surface area contributed by atoms with Crippen LogP contribution in [0.1, 0.15) is 39.3 Å². The Morgan fingerprint density at radius 1 is 1.19 bits per heavy atom. The van der Waals surface area contributed by atoms with Gasteiger partial charge in [-0.2, -0.15) is 5.10 Å². The molecule has 31 heavy (non-hydrogen) atoms. The molecule has 1 aromatic carbocycles. The van der Waals surface area contributed by atoms with E-state index in [1.54, 1.807) is 36.2 Å². The Bertz CT molecular complexity index is 1220. The lowest BCUT2D eigenvalue weighted by Gasteiger charge is -2.05. The summed E-state index contributed by atoms with van der Waals surface area (Å²) in [7, 11) is 1.62. The Morgan fingerprint density at radius 2 is 2.06 bits per heavy atom. The highest BCUT2D eigenvalue weighted by molar-refractivity contribution is 6.05. The van der Waals surface area contributed by atoms with E-state index in [9.17, 15) is 9.59 Å². The number of benzene rings is 1. The molecule has 3 aromatic heterocycles. The summed E-state index contributed by atoms with van der Waals surface area (Å²) >= 11 is 0. The van der Waals surface area contributed by atoms with Crippen molar-refractivity contribution in [2.75, 3.05) is 12.4 Å². The lowest BCUT2D eigenvalue weighted by Crippen LogP contribution is -2.14. The van der Waals surface area contributed by atoms with Crippen molar-refractivity contribution in [2.24, 2.45) is 0 Å². The molecule has 0 spiro atoms. The van der Waals surface area contributed by atoms with Crippen LogP contribution in [0.3, 0.4) is 0 Å².